The lowest BCUT2D eigenvalue weighted by atomic mass is 9.96. The van der Waals surface area contributed by atoms with Gasteiger partial charge in [0.1, 0.15) is 0 Å². The van der Waals surface area contributed by atoms with Crippen molar-refractivity contribution >= 4 is 11.8 Å². The third-order valence-corrected chi connectivity index (χ3v) is 5.48. The van der Waals surface area contributed by atoms with Gasteiger partial charge in [0.2, 0.25) is 18.6 Å². The number of fused-ring (bicyclic) bond motifs is 1. The Morgan fingerprint density at radius 2 is 2.17 bits per heavy atom. The van der Waals surface area contributed by atoms with Gasteiger partial charge in [-0.1, -0.05) is 18.6 Å². The van der Waals surface area contributed by atoms with Crippen molar-refractivity contribution < 1.29 is 23.8 Å². The van der Waals surface area contributed by atoms with Crippen LogP contribution >= 0.6 is 0 Å². The molecule has 2 atom stereocenters. The summed E-state index contributed by atoms with van der Waals surface area (Å²) in [6.45, 7) is 2.44. The highest BCUT2D eigenvalue weighted by Crippen LogP contribution is 2.35. The topological polar surface area (TPSA) is 89.1 Å². The molecule has 29 heavy (non-hydrogen) atoms. The maximum Gasteiger partial charge on any atom is 0.231 e. The van der Waals surface area contributed by atoms with Gasteiger partial charge in [0.15, 0.2) is 11.5 Å². The van der Waals surface area contributed by atoms with E-state index in [1.165, 1.54) is 0 Å². The lowest BCUT2D eigenvalue weighted by Crippen LogP contribution is -2.42. The van der Waals surface area contributed by atoms with E-state index in [0.29, 0.717) is 32.7 Å². The van der Waals surface area contributed by atoms with Crippen molar-refractivity contribution in [3.63, 3.8) is 0 Å². The van der Waals surface area contributed by atoms with Crippen molar-refractivity contribution in [2.75, 3.05) is 40.6 Å². The van der Waals surface area contributed by atoms with Crippen LogP contribution in [0.2, 0.25) is 0 Å². The quantitative estimate of drug-likeness (QED) is 0.665. The summed E-state index contributed by atoms with van der Waals surface area (Å²) in [4.78, 5) is 26.7. The smallest absolute Gasteiger partial charge is 0.231 e. The molecule has 1 aromatic rings. The molecule has 0 radical (unpaired) electrons. The molecule has 1 fully saturated rings. The molecule has 0 aromatic heterocycles. The molecule has 0 bridgehead atoms. The predicted octanol–water partition coefficient (Wildman–Crippen LogP) is 1.28. The van der Waals surface area contributed by atoms with Gasteiger partial charge in [-0.15, -0.1) is 0 Å². The monoisotopic (exact) mass is 405 g/mol. The zero-order valence-corrected chi connectivity index (χ0v) is 17.2. The molecule has 1 aromatic carbocycles. The van der Waals surface area contributed by atoms with Crippen LogP contribution < -0.4 is 20.1 Å². The number of nitrogens with zero attached hydrogens (tertiary/aromatic N) is 1. The summed E-state index contributed by atoms with van der Waals surface area (Å²) < 4.78 is 16.0. The van der Waals surface area contributed by atoms with Crippen LogP contribution in [-0.4, -0.2) is 63.4 Å². The van der Waals surface area contributed by atoms with Crippen LogP contribution in [0.25, 0.3) is 0 Å². The Morgan fingerprint density at radius 1 is 1.31 bits per heavy atom. The molecule has 8 nitrogen and oxygen atoms in total. The highest BCUT2D eigenvalue weighted by molar-refractivity contribution is 5.85. The maximum absolute atomic E-state index is 12.6. The molecule has 0 unspecified atom stereocenters. The number of rotatable bonds is 7. The Hall–Kier alpha value is -2.32. The van der Waals surface area contributed by atoms with E-state index in [4.69, 9.17) is 14.2 Å². The number of amides is 2. The zero-order valence-electron chi connectivity index (χ0n) is 17.2. The van der Waals surface area contributed by atoms with E-state index in [1.54, 1.807) is 19.1 Å². The van der Waals surface area contributed by atoms with E-state index in [-0.39, 0.29) is 37.0 Å². The van der Waals surface area contributed by atoms with Crippen LogP contribution in [0, 0.1) is 5.92 Å². The molecule has 2 aliphatic rings. The summed E-state index contributed by atoms with van der Waals surface area (Å²) in [6, 6.07) is 6.02. The fourth-order valence-corrected chi connectivity index (χ4v) is 3.80. The number of ether oxygens (including phenoxy) is 3. The molecule has 2 heterocycles. The van der Waals surface area contributed by atoms with Gasteiger partial charge in [-0.3, -0.25) is 9.59 Å². The number of hydrogen-bond donors (Lipinski definition) is 2. The third kappa shape index (κ3) is 5.83. The fraction of sp³-hybridized carbons (Fsp3) is 0.619. The van der Waals surface area contributed by atoms with Crippen LogP contribution in [0.1, 0.15) is 31.2 Å². The van der Waals surface area contributed by atoms with Crippen molar-refractivity contribution in [1.82, 2.24) is 15.5 Å². The van der Waals surface area contributed by atoms with E-state index in [0.717, 1.165) is 29.9 Å². The van der Waals surface area contributed by atoms with E-state index in [1.807, 2.05) is 18.2 Å². The van der Waals surface area contributed by atoms with Crippen molar-refractivity contribution in [2.24, 2.45) is 5.92 Å². The van der Waals surface area contributed by atoms with Gasteiger partial charge in [-0.05, 0) is 18.9 Å². The lowest BCUT2D eigenvalue weighted by molar-refractivity contribution is -0.135. The minimum Gasteiger partial charge on any atom is -0.454 e. The van der Waals surface area contributed by atoms with Gasteiger partial charge in [-0.25, -0.2) is 0 Å². The first-order valence-electron chi connectivity index (χ1n) is 10.2. The molecule has 2 aliphatic heterocycles. The largest absolute Gasteiger partial charge is 0.454 e. The van der Waals surface area contributed by atoms with Crippen molar-refractivity contribution in [1.29, 1.82) is 0 Å². The average Bonchev–Trinajstić information content (AvgIpc) is 3.21. The number of carbonyl (C=O) groups excluding carboxylic acids is 2. The SMILES string of the molecule is COCCNC(=O)[C@@H]1CCC[C@@H](NCc2cccc3c2OCO3)CN(C)C(=O)C1. The van der Waals surface area contributed by atoms with Crippen LogP contribution in [0.5, 0.6) is 11.5 Å². The van der Waals surface area contributed by atoms with Gasteiger partial charge < -0.3 is 29.7 Å². The highest BCUT2D eigenvalue weighted by atomic mass is 16.7. The Bertz CT molecular complexity index is 712. The van der Waals surface area contributed by atoms with Crippen molar-refractivity contribution in [3.8, 4) is 11.5 Å². The molecule has 2 amide bonds. The molecule has 1 saturated heterocycles. The van der Waals surface area contributed by atoms with E-state index >= 15 is 0 Å². The number of methoxy groups -OCH3 is 1. The first kappa shape index (κ1) is 21.4. The molecule has 0 aliphatic carbocycles. The third-order valence-electron chi connectivity index (χ3n) is 5.48. The van der Waals surface area contributed by atoms with E-state index < -0.39 is 0 Å². The Kier molecular flexibility index (Phi) is 7.71. The Morgan fingerprint density at radius 3 is 3.00 bits per heavy atom. The van der Waals surface area contributed by atoms with Gasteiger partial charge in [0, 0.05) is 57.7 Å². The second-order valence-electron chi connectivity index (χ2n) is 7.62. The van der Waals surface area contributed by atoms with Gasteiger partial charge >= 0.3 is 0 Å². The number of nitrogens with one attached hydrogen (secondary N) is 2. The molecular formula is C21H31N3O5. The van der Waals surface area contributed by atoms with E-state index in [9.17, 15) is 9.59 Å². The van der Waals surface area contributed by atoms with Gasteiger partial charge in [0.25, 0.3) is 0 Å². The fourth-order valence-electron chi connectivity index (χ4n) is 3.80. The maximum atomic E-state index is 12.6. The molecule has 160 valence electrons. The minimum atomic E-state index is -0.288. The molecular weight excluding hydrogens is 374 g/mol. The normalized spacial score (nSPS) is 22.0. The number of carbonyl (C=O) groups is 2. The second-order valence-corrected chi connectivity index (χ2v) is 7.62. The predicted molar refractivity (Wildman–Crippen MR) is 108 cm³/mol. The Labute approximate surface area is 171 Å². The number of likely N-dealkylation sites (N-methyl/N-ethyl adjacent to an activating group) is 1. The first-order valence-corrected chi connectivity index (χ1v) is 10.2. The molecule has 2 N–H and O–H groups in total. The summed E-state index contributed by atoms with van der Waals surface area (Å²) in [7, 11) is 3.40. The minimum absolute atomic E-state index is 0.00271. The van der Waals surface area contributed by atoms with Crippen LogP contribution in [-0.2, 0) is 20.9 Å². The lowest BCUT2D eigenvalue weighted by Gasteiger charge is -2.24. The Balaban J connectivity index is 1.56. The van der Waals surface area contributed by atoms with E-state index in [2.05, 4.69) is 10.6 Å². The standard InChI is InChI=1S/C21H31N3O5/c1-24-13-17(23-12-16-6-4-8-18-20(16)29-14-28-18)7-3-5-15(11-19(24)25)21(26)22-9-10-27-2/h4,6,8,15,17,23H,3,5,7,9-14H2,1-2H3,(H,22,26)/t15-,17-/m1/s1. The summed E-state index contributed by atoms with van der Waals surface area (Å²) in [5, 5.41) is 6.42. The second kappa shape index (κ2) is 10.5. The summed E-state index contributed by atoms with van der Waals surface area (Å²) in [5.41, 5.74) is 1.05. The number of para-hydroxylation sites is 1. The van der Waals surface area contributed by atoms with Gasteiger partial charge in [-0.2, -0.15) is 0 Å². The van der Waals surface area contributed by atoms with Crippen LogP contribution in [0.3, 0.4) is 0 Å². The summed E-state index contributed by atoms with van der Waals surface area (Å²) in [5.74, 6) is 1.22. The molecule has 3 rings (SSSR count). The summed E-state index contributed by atoms with van der Waals surface area (Å²) in [6.07, 6.45) is 2.73. The van der Waals surface area contributed by atoms with Crippen LogP contribution in [0.4, 0.5) is 0 Å². The molecule has 8 heteroatoms. The average molecular weight is 405 g/mol. The molecule has 0 spiro atoms. The van der Waals surface area contributed by atoms with Crippen LogP contribution in [0.15, 0.2) is 18.2 Å². The summed E-state index contributed by atoms with van der Waals surface area (Å²) >= 11 is 0. The first-order chi connectivity index (χ1) is 14.1. The number of benzene rings is 1. The van der Waals surface area contributed by atoms with Crippen molar-refractivity contribution in [3.05, 3.63) is 23.8 Å². The highest BCUT2D eigenvalue weighted by Gasteiger charge is 2.27. The van der Waals surface area contributed by atoms with Gasteiger partial charge in [0.05, 0.1) is 6.61 Å². The van der Waals surface area contributed by atoms with Crippen molar-refractivity contribution in [2.45, 2.75) is 38.3 Å². The zero-order chi connectivity index (χ0) is 20.6. The number of hydrogen-bond acceptors (Lipinski definition) is 6. The molecule has 0 saturated carbocycles.